The van der Waals surface area contributed by atoms with E-state index < -0.39 is 23.4 Å². The van der Waals surface area contributed by atoms with Gasteiger partial charge in [-0.05, 0) is 31.5 Å². The molecule has 0 saturated carbocycles. The Hall–Kier alpha value is -1.60. The highest BCUT2D eigenvalue weighted by Crippen LogP contribution is 2.20. The minimum atomic E-state index is -1.59. The van der Waals surface area contributed by atoms with Gasteiger partial charge in [-0.1, -0.05) is 0 Å². The fraction of sp³-hybridized carbons (Fsp3) is 0.462. The molecule has 1 fully saturated rings. The first-order valence-corrected chi connectivity index (χ1v) is 6.40. The van der Waals surface area contributed by atoms with E-state index in [1.807, 2.05) is 4.90 Å². The number of carbonyl (C=O) groups excluding carboxylic acids is 1. The van der Waals surface area contributed by atoms with Crippen LogP contribution in [0.25, 0.3) is 0 Å². The van der Waals surface area contributed by atoms with Gasteiger partial charge in [-0.3, -0.25) is 9.69 Å². The van der Waals surface area contributed by atoms with Crippen LogP contribution in [0.1, 0.15) is 12.8 Å². The molecular formula is C13H16F3N3O. The van der Waals surface area contributed by atoms with E-state index in [0.29, 0.717) is 6.54 Å². The summed E-state index contributed by atoms with van der Waals surface area (Å²) in [5, 5.41) is 2.25. The van der Waals surface area contributed by atoms with Gasteiger partial charge in [-0.15, -0.1) is 0 Å². The van der Waals surface area contributed by atoms with Gasteiger partial charge in [0.2, 0.25) is 5.91 Å². The molecule has 110 valence electrons. The van der Waals surface area contributed by atoms with E-state index in [1.165, 1.54) is 0 Å². The molecule has 3 N–H and O–H groups in total. The van der Waals surface area contributed by atoms with Gasteiger partial charge >= 0.3 is 0 Å². The highest BCUT2D eigenvalue weighted by atomic mass is 19.2. The number of nitrogens with two attached hydrogens (primary N) is 1. The van der Waals surface area contributed by atoms with Crippen LogP contribution in [0, 0.1) is 17.5 Å². The summed E-state index contributed by atoms with van der Waals surface area (Å²) in [6.07, 6.45) is 1.87. The standard InChI is InChI=1S/C13H16F3N3O/c14-9-3-4-10(13(16)12(9)15)18-11(20)7-19-5-1-2-8(19)6-17/h3-4,8H,1-2,5-7,17H2,(H,18,20). The lowest BCUT2D eigenvalue weighted by atomic mass is 10.2. The van der Waals surface area contributed by atoms with Gasteiger partial charge in [0.1, 0.15) is 0 Å². The smallest absolute Gasteiger partial charge is 0.238 e. The molecule has 1 heterocycles. The summed E-state index contributed by atoms with van der Waals surface area (Å²) in [5.41, 5.74) is 5.22. The number of benzene rings is 1. The number of amides is 1. The van der Waals surface area contributed by atoms with Crippen molar-refractivity contribution in [2.75, 3.05) is 25.0 Å². The number of halogens is 3. The van der Waals surface area contributed by atoms with Gasteiger partial charge in [0.15, 0.2) is 17.5 Å². The second-order valence-corrected chi connectivity index (χ2v) is 4.77. The monoisotopic (exact) mass is 287 g/mol. The second-order valence-electron chi connectivity index (χ2n) is 4.77. The van der Waals surface area contributed by atoms with Gasteiger partial charge in [0.25, 0.3) is 0 Å². The zero-order valence-corrected chi connectivity index (χ0v) is 10.8. The number of anilines is 1. The molecular weight excluding hydrogens is 271 g/mol. The van der Waals surface area contributed by atoms with Crippen LogP contribution in [-0.2, 0) is 4.79 Å². The number of carbonyl (C=O) groups is 1. The Bertz CT molecular complexity index is 510. The number of hydrogen-bond donors (Lipinski definition) is 2. The highest BCUT2D eigenvalue weighted by Gasteiger charge is 2.25. The Kier molecular flexibility index (Phi) is 4.61. The van der Waals surface area contributed by atoms with Gasteiger partial charge in [-0.25, -0.2) is 13.2 Å². The van der Waals surface area contributed by atoms with Crippen LogP contribution >= 0.6 is 0 Å². The first kappa shape index (κ1) is 14.8. The molecule has 0 aliphatic carbocycles. The van der Waals surface area contributed by atoms with Gasteiger partial charge in [0, 0.05) is 12.6 Å². The van der Waals surface area contributed by atoms with E-state index in [9.17, 15) is 18.0 Å². The van der Waals surface area contributed by atoms with Crippen molar-refractivity contribution in [2.24, 2.45) is 5.73 Å². The molecule has 1 saturated heterocycles. The maximum absolute atomic E-state index is 13.4. The molecule has 1 amide bonds. The first-order valence-electron chi connectivity index (χ1n) is 6.40. The summed E-state index contributed by atoms with van der Waals surface area (Å²) < 4.78 is 39.2. The predicted octanol–water partition coefficient (Wildman–Crippen LogP) is 1.47. The fourth-order valence-electron chi connectivity index (χ4n) is 2.37. The van der Waals surface area contributed by atoms with E-state index in [2.05, 4.69) is 5.32 Å². The van der Waals surface area contributed by atoms with Crippen LogP contribution in [0.5, 0.6) is 0 Å². The molecule has 1 aliphatic rings. The number of hydrogen-bond acceptors (Lipinski definition) is 3. The zero-order chi connectivity index (χ0) is 14.7. The number of nitrogens with zero attached hydrogens (tertiary/aromatic N) is 1. The summed E-state index contributed by atoms with van der Waals surface area (Å²) in [7, 11) is 0. The van der Waals surface area contributed by atoms with E-state index in [4.69, 9.17) is 5.73 Å². The molecule has 0 aromatic heterocycles. The van der Waals surface area contributed by atoms with Gasteiger partial charge in [0.05, 0.1) is 12.2 Å². The van der Waals surface area contributed by atoms with Gasteiger partial charge in [-0.2, -0.15) is 0 Å². The molecule has 1 aromatic carbocycles. The number of rotatable bonds is 4. The molecule has 7 heteroatoms. The average molecular weight is 287 g/mol. The molecule has 0 spiro atoms. The maximum Gasteiger partial charge on any atom is 0.238 e. The largest absolute Gasteiger partial charge is 0.329 e. The Balaban J connectivity index is 2.00. The summed E-state index contributed by atoms with van der Waals surface area (Å²) in [4.78, 5) is 13.7. The highest BCUT2D eigenvalue weighted by molar-refractivity contribution is 5.92. The Labute approximate surface area is 114 Å². The molecule has 0 bridgehead atoms. The Morgan fingerprint density at radius 3 is 2.80 bits per heavy atom. The lowest BCUT2D eigenvalue weighted by Crippen LogP contribution is -2.40. The predicted molar refractivity (Wildman–Crippen MR) is 68.6 cm³/mol. The third-order valence-corrected chi connectivity index (χ3v) is 3.43. The lowest BCUT2D eigenvalue weighted by Gasteiger charge is -2.22. The van der Waals surface area contributed by atoms with Crippen molar-refractivity contribution in [2.45, 2.75) is 18.9 Å². The molecule has 0 radical (unpaired) electrons. The van der Waals surface area contributed by atoms with E-state index in [-0.39, 0.29) is 18.3 Å². The number of likely N-dealkylation sites (tertiary alicyclic amines) is 1. The van der Waals surface area contributed by atoms with Crippen molar-refractivity contribution in [1.29, 1.82) is 0 Å². The fourth-order valence-corrected chi connectivity index (χ4v) is 2.37. The summed E-state index contributed by atoms with van der Waals surface area (Å²) in [6, 6.07) is 1.90. The third-order valence-electron chi connectivity index (χ3n) is 3.43. The molecule has 1 atom stereocenters. The maximum atomic E-state index is 13.4. The molecule has 1 aliphatic heterocycles. The van der Waals surface area contributed by atoms with E-state index >= 15 is 0 Å². The van der Waals surface area contributed by atoms with Crippen LogP contribution < -0.4 is 11.1 Å². The minimum Gasteiger partial charge on any atom is -0.329 e. The van der Waals surface area contributed by atoms with Crippen molar-refractivity contribution in [3.8, 4) is 0 Å². The van der Waals surface area contributed by atoms with Crippen LogP contribution in [0.15, 0.2) is 12.1 Å². The van der Waals surface area contributed by atoms with Crippen LogP contribution in [-0.4, -0.2) is 36.5 Å². The summed E-state index contributed by atoms with van der Waals surface area (Å²) in [6.45, 7) is 1.25. The van der Waals surface area contributed by atoms with Crippen LogP contribution in [0.4, 0.5) is 18.9 Å². The molecule has 1 aromatic rings. The lowest BCUT2D eigenvalue weighted by molar-refractivity contribution is -0.117. The Morgan fingerprint density at radius 2 is 2.10 bits per heavy atom. The topological polar surface area (TPSA) is 58.4 Å². The Morgan fingerprint density at radius 1 is 1.35 bits per heavy atom. The first-order chi connectivity index (χ1) is 9.52. The van der Waals surface area contributed by atoms with E-state index in [0.717, 1.165) is 31.5 Å². The van der Waals surface area contributed by atoms with Crippen molar-refractivity contribution in [1.82, 2.24) is 4.90 Å². The van der Waals surface area contributed by atoms with Gasteiger partial charge < -0.3 is 11.1 Å². The molecule has 1 unspecified atom stereocenters. The quantitative estimate of drug-likeness (QED) is 0.824. The van der Waals surface area contributed by atoms with Crippen molar-refractivity contribution < 1.29 is 18.0 Å². The number of nitrogens with one attached hydrogen (secondary N) is 1. The molecule has 20 heavy (non-hydrogen) atoms. The van der Waals surface area contributed by atoms with Crippen molar-refractivity contribution in [3.05, 3.63) is 29.6 Å². The summed E-state index contributed by atoms with van der Waals surface area (Å²) in [5.74, 6) is -4.75. The minimum absolute atomic E-state index is 0.0559. The van der Waals surface area contributed by atoms with Crippen molar-refractivity contribution >= 4 is 11.6 Å². The zero-order valence-electron chi connectivity index (χ0n) is 10.8. The average Bonchev–Trinajstić information content (AvgIpc) is 2.86. The SMILES string of the molecule is NCC1CCCN1CC(=O)Nc1ccc(F)c(F)c1F. The molecule has 4 nitrogen and oxygen atoms in total. The van der Waals surface area contributed by atoms with E-state index in [1.54, 1.807) is 0 Å². The third kappa shape index (κ3) is 3.10. The van der Waals surface area contributed by atoms with Crippen molar-refractivity contribution in [3.63, 3.8) is 0 Å². The van der Waals surface area contributed by atoms with Crippen LogP contribution in [0.2, 0.25) is 0 Å². The normalized spacial score (nSPS) is 19.3. The summed E-state index contributed by atoms with van der Waals surface area (Å²) >= 11 is 0. The second kappa shape index (κ2) is 6.23. The van der Waals surface area contributed by atoms with Crippen LogP contribution in [0.3, 0.4) is 0 Å². The molecule has 2 rings (SSSR count).